The number of imidazole rings is 1. The van der Waals surface area contributed by atoms with Crippen molar-refractivity contribution in [3.8, 4) is 0 Å². The van der Waals surface area contributed by atoms with Gasteiger partial charge in [-0.25, -0.2) is 9.97 Å². The summed E-state index contributed by atoms with van der Waals surface area (Å²) in [6, 6.07) is 5.66. The van der Waals surface area contributed by atoms with Gasteiger partial charge in [0.15, 0.2) is 5.82 Å². The minimum absolute atomic E-state index is 0.603. The quantitative estimate of drug-likeness (QED) is 0.701. The zero-order valence-electron chi connectivity index (χ0n) is 8.47. The lowest BCUT2D eigenvalue weighted by Crippen LogP contribution is -2.00. The number of pyridine rings is 1. The molecule has 0 aliphatic carbocycles. The first-order valence-corrected chi connectivity index (χ1v) is 4.98. The summed E-state index contributed by atoms with van der Waals surface area (Å²) in [6.07, 6.45) is 5.05. The van der Waals surface area contributed by atoms with Gasteiger partial charge < -0.3 is 14.7 Å². The lowest BCUT2D eigenvalue weighted by Gasteiger charge is -2.03. The minimum atomic E-state index is 0.603. The molecule has 0 spiro atoms. The van der Waals surface area contributed by atoms with Crippen LogP contribution in [0, 0.1) is 0 Å². The van der Waals surface area contributed by atoms with Crippen molar-refractivity contribution in [1.82, 2.24) is 15.0 Å². The van der Waals surface area contributed by atoms with Gasteiger partial charge in [-0.2, -0.15) is 0 Å². The molecular formula is C11H10N4O. The Balaban J connectivity index is 1.86. The van der Waals surface area contributed by atoms with Crippen molar-refractivity contribution in [2.24, 2.45) is 0 Å². The van der Waals surface area contributed by atoms with Crippen molar-refractivity contribution in [3.05, 3.63) is 42.7 Å². The summed E-state index contributed by atoms with van der Waals surface area (Å²) >= 11 is 0. The summed E-state index contributed by atoms with van der Waals surface area (Å²) in [5.74, 6) is 1.63. The van der Waals surface area contributed by atoms with Crippen molar-refractivity contribution in [2.75, 3.05) is 5.32 Å². The zero-order valence-corrected chi connectivity index (χ0v) is 8.47. The van der Waals surface area contributed by atoms with Crippen LogP contribution in [0.4, 0.5) is 5.82 Å². The van der Waals surface area contributed by atoms with Crippen molar-refractivity contribution < 1.29 is 4.42 Å². The number of nitrogens with one attached hydrogen (secondary N) is 2. The van der Waals surface area contributed by atoms with E-state index in [2.05, 4.69) is 20.3 Å². The number of hydrogen-bond acceptors (Lipinski definition) is 4. The molecule has 5 nitrogen and oxygen atoms in total. The van der Waals surface area contributed by atoms with Crippen LogP contribution < -0.4 is 5.32 Å². The molecule has 0 atom stereocenters. The molecule has 5 heteroatoms. The van der Waals surface area contributed by atoms with Crippen LogP contribution in [0.5, 0.6) is 0 Å². The highest BCUT2D eigenvalue weighted by Crippen LogP contribution is 2.17. The molecule has 0 saturated carbocycles. The lowest BCUT2D eigenvalue weighted by atomic mass is 10.3. The number of anilines is 1. The number of aromatic amines is 1. The van der Waals surface area contributed by atoms with E-state index in [1.807, 2.05) is 18.2 Å². The molecule has 0 saturated heterocycles. The third-order valence-electron chi connectivity index (χ3n) is 2.35. The van der Waals surface area contributed by atoms with E-state index in [0.29, 0.717) is 6.54 Å². The van der Waals surface area contributed by atoms with Gasteiger partial charge in [-0.1, -0.05) is 0 Å². The number of rotatable bonds is 3. The average Bonchev–Trinajstić information content (AvgIpc) is 2.97. The number of hydrogen-bond donors (Lipinski definition) is 2. The van der Waals surface area contributed by atoms with Crippen LogP contribution in [0.1, 0.15) is 5.76 Å². The summed E-state index contributed by atoms with van der Waals surface area (Å²) < 4.78 is 5.23. The maximum atomic E-state index is 5.23. The first-order valence-electron chi connectivity index (χ1n) is 4.98. The van der Waals surface area contributed by atoms with Gasteiger partial charge in [0.2, 0.25) is 0 Å². The Kier molecular flexibility index (Phi) is 2.07. The molecule has 3 heterocycles. The van der Waals surface area contributed by atoms with E-state index in [4.69, 9.17) is 4.42 Å². The zero-order chi connectivity index (χ0) is 10.8. The fourth-order valence-corrected chi connectivity index (χ4v) is 1.58. The second-order valence-electron chi connectivity index (χ2n) is 3.39. The first-order chi connectivity index (χ1) is 7.93. The van der Waals surface area contributed by atoms with Crippen molar-refractivity contribution in [3.63, 3.8) is 0 Å². The Bertz CT molecular complexity index is 585. The van der Waals surface area contributed by atoms with E-state index in [0.717, 1.165) is 22.6 Å². The molecule has 0 amide bonds. The van der Waals surface area contributed by atoms with Gasteiger partial charge in [0.1, 0.15) is 11.3 Å². The van der Waals surface area contributed by atoms with Crippen LogP contribution >= 0.6 is 0 Å². The highest BCUT2D eigenvalue weighted by molar-refractivity contribution is 5.84. The van der Waals surface area contributed by atoms with Crippen molar-refractivity contribution in [1.29, 1.82) is 0 Å². The topological polar surface area (TPSA) is 66.7 Å². The maximum absolute atomic E-state index is 5.23. The van der Waals surface area contributed by atoms with E-state index in [9.17, 15) is 0 Å². The highest BCUT2D eigenvalue weighted by atomic mass is 16.3. The van der Waals surface area contributed by atoms with E-state index in [-0.39, 0.29) is 0 Å². The van der Waals surface area contributed by atoms with E-state index < -0.39 is 0 Å². The maximum Gasteiger partial charge on any atom is 0.154 e. The fraction of sp³-hybridized carbons (Fsp3) is 0.0909. The monoisotopic (exact) mass is 214 g/mol. The molecule has 2 N–H and O–H groups in total. The molecule has 3 aromatic rings. The predicted octanol–water partition coefficient (Wildman–Crippen LogP) is 2.16. The lowest BCUT2D eigenvalue weighted by molar-refractivity contribution is 0.518. The molecule has 16 heavy (non-hydrogen) atoms. The molecule has 80 valence electrons. The number of aromatic nitrogens is 3. The van der Waals surface area contributed by atoms with Gasteiger partial charge in [-0.15, -0.1) is 0 Å². The molecular weight excluding hydrogens is 204 g/mol. The fourth-order valence-electron chi connectivity index (χ4n) is 1.58. The van der Waals surface area contributed by atoms with Gasteiger partial charge in [0, 0.05) is 6.20 Å². The summed E-state index contributed by atoms with van der Waals surface area (Å²) in [7, 11) is 0. The molecule has 0 bridgehead atoms. The second-order valence-corrected chi connectivity index (χ2v) is 3.39. The van der Waals surface area contributed by atoms with Crippen LogP contribution in [0.2, 0.25) is 0 Å². The van der Waals surface area contributed by atoms with Crippen LogP contribution in [-0.2, 0) is 6.54 Å². The largest absolute Gasteiger partial charge is 0.467 e. The van der Waals surface area contributed by atoms with Crippen LogP contribution in [0.3, 0.4) is 0 Å². The van der Waals surface area contributed by atoms with Crippen molar-refractivity contribution >= 4 is 16.9 Å². The summed E-state index contributed by atoms with van der Waals surface area (Å²) in [5.41, 5.74) is 1.81. The molecule has 0 aliphatic heterocycles. The Hall–Kier alpha value is -2.30. The van der Waals surface area contributed by atoms with Crippen LogP contribution in [0.25, 0.3) is 11.0 Å². The number of furan rings is 1. The Morgan fingerprint density at radius 3 is 3.19 bits per heavy atom. The Morgan fingerprint density at radius 2 is 2.31 bits per heavy atom. The normalized spacial score (nSPS) is 10.8. The molecule has 0 aliphatic rings. The Labute approximate surface area is 91.5 Å². The molecule has 0 fully saturated rings. The standard InChI is InChI=1S/C11H10N4O/c1-2-8(16-5-1)6-13-11-10-9(3-4-12-11)14-7-15-10/h1-5,7H,6H2,(H,12,13)(H,14,15). The predicted molar refractivity (Wildman–Crippen MR) is 59.9 cm³/mol. The third kappa shape index (κ3) is 1.52. The third-order valence-corrected chi connectivity index (χ3v) is 2.35. The number of H-pyrrole nitrogens is 1. The number of nitrogens with zero attached hydrogens (tertiary/aromatic N) is 2. The molecule has 0 radical (unpaired) electrons. The van der Waals surface area contributed by atoms with Gasteiger partial charge >= 0.3 is 0 Å². The molecule has 0 unspecified atom stereocenters. The van der Waals surface area contributed by atoms with Crippen LogP contribution in [0.15, 0.2) is 41.4 Å². The van der Waals surface area contributed by atoms with Crippen LogP contribution in [-0.4, -0.2) is 15.0 Å². The summed E-state index contributed by atoms with van der Waals surface area (Å²) in [5, 5.41) is 3.19. The second kappa shape index (κ2) is 3.69. The first kappa shape index (κ1) is 8.96. The highest BCUT2D eigenvalue weighted by Gasteiger charge is 2.04. The van der Waals surface area contributed by atoms with E-state index in [1.54, 1.807) is 18.8 Å². The average molecular weight is 214 g/mol. The Morgan fingerprint density at radius 1 is 1.31 bits per heavy atom. The molecule has 3 rings (SSSR count). The number of fused-ring (bicyclic) bond motifs is 1. The summed E-state index contributed by atoms with van der Waals surface area (Å²) in [6.45, 7) is 0.603. The van der Waals surface area contributed by atoms with E-state index in [1.165, 1.54) is 0 Å². The summed E-state index contributed by atoms with van der Waals surface area (Å²) in [4.78, 5) is 11.5. The molecule has 0 aromatic carbocycles. The SMILES string of the molecule is c1coc(CNc2nccc3[nH]cnc23)c1. The molecule has 3 aromatic heterocycles. The van der Waals surface area contributed by atoms with Gasteiger partial charge in [-0.3, -0.25) is 0 Å². The smallest absolute Gasteiger partial charge is 0.154 e. The van der Waals surface area contributed by atoms with Gasteiger partial charge in [0.05, 0.1) is 24.7 Å². The minimum Gasteiger partial charge on any atom is -0.467 e. The van der Waals surface area contributed by atoms with Gasteiger partial charge in [0.25, 0.3) is 0 Å². The van der Waals surface area contributed by atoms with E-state index >= 15 is 0 Å². The van der Waals surface area contributed by atoms with Gasteiger partial charge in [-0.05, 0) is 18.2 Å². The van der Waals surface area contributed by atoms with Crippen molar-refractivity contribution in [2.45, 2.75) is 6.54 Å².